The number of esters is 1. The first kappa shape index (κ1) is 9.54. The Kier molecular flexibility index (Phi) is 5.09. The quantitative estimate of drug-likeness (QED) is 0.316. The summed E-state index contributed by atoms with van der Waals surface area (Å²) in [6, 6.07) is 0. The van der Waals surface area contributed by atoms with E-state index in [0.29, 0.717) is 0 Å². The van der Waals surface area contributed by atoms with Gasteiger partial charge in [-0.3, -0.25) is 8.98 Å². The normalized spacial score (nSPS) is 12.6. The Morgan fingerprint density at radius 3 is 2.60 bits per heavy atom. The summed E-state index contributed by atoms with van der Waals surface area (Å²) in [5, 5.41) is 0. The summed E-state index contributed by atoms with van der Waals surface area (Å²) in [6.07, 6.45) is 0. The maximum atomic E-state index is 10.1. The van der Waals surface area contributed by atoms with Crippen LogP contribution in [0.5, 0.6) is 0 Å². The van der Waals surface area contributed by atoms with Gasteiger partial charge in [-0.2, -0.15) is 0 Å². The van der Waals surface area contributed by atoms with Gasteiger partial charge in [0.15, 0.2) is 0 Å². The third kappa shape index (κ3) is 7.54. The second-order valence-electron chi connectivity index (χ2n) is 1.37. The molecule has 0 aromatic heterocycles. The summed E-state index contributed by atoms with van der Waals surface area (Å²) in [7, 11) is 0. The first-order valence-electron chi connectivity index (χ1n) is 2.49. The smallest absolute Gasteiger partial charge is 0.302 e. The summed E-state index contributed by atoms with van der Waals surface area (Å²) in [5.74, 6) is -0.458. The van der Waals surface area contributed by atoms with E-state index in [9.17, 15) is 13.6 Å². The largest absolute Gasteiger partial charge is 0.750 e. The lowest BCUT2D eigenvalue weighted by molar-refractivity contribution is -0.141. The number of hydrogen-bond acceptors (Lipinski definition) is 5. The maximum absolute atomic E-state index is 10.1. The second-order valence-corrected chi connectivity index (χ2v) is 2.01. The molecule has 0 aliphatic carbocycles. The van der Waals surface area contributed by atoms with Crippen molar-refractivity contribution < 1.29 is 22.5 Å². The van der Waals surface area contributed by atoms with Crippen LogP contribution in [-0.2, 0) is 25.1 Å². The monoisotopic (exact) mass is 167 g/mol. The summed E-state index contributed by atoms with van der Waals surface area (Å²) in [4.78, 5) is 10.1. The second kappa shape index (κ2) is 5.33. The van der Waals surface area contributed by atoms with E-state index in [2.05, 4.69) is 8.92 Å². The molecule has 0 rings (SSSR count). The number of rotatable bonds is 4. The van der Waals surface area contributed by atoms with E-state index in [0.717, 1.165) is 0 Å². The summed E-state index contributed by atoms with van der Waals surface area (Å²) in [6.45, 7) is 1.06. The van der Waals surface area contributed by atoms with Crippen molar-refractivity contribution in [3.63, 3.8) is 0 Å². The molecule has 0 saturated carbocycles. The predicted octanol–water partition coefficient (Wildman–Crippen LogP) is -0.640. The molecule has 0 N–H and O–H groups in total. The molecule has 0 saturated heterocycles. The molecule has 0 radical (unpaired) electrons. The van der Waals surface area contributed by atoms with Crippen molar-refractivity contribution in [3.8, 4) is 0 Å². The van der Waals surface area contributed by atoms with Crippen LogP contribution >= 0.6 is 0 Å². The van der Waals surface area contributed by atoms with Crippen molar-refractivity contribution in [2.75, 3.05) is 13.2 Å². The van der Waals surface area contributed by atoms with Crippen LogP contribution < -0.4 is 0 Å². The zero-order valence-corrected chi connectivity index (χ0v) is 6.18. The van der Waals surface area contributed by atoms with Gasteiger partial charge in [0.2, 0.25) is 0 Å². The minimum atomic E-state index is -2.52. The van der Waals surface area contributed by atoms with Gasteiger partial charge in [-0.1, -0.05) is 0 Å². The lowest BCUT2D eigenvalue weighted by Crippen LogP contribution is -2.08. The SMILES string of the molecule is CC(=O)OCCOS(=O)[O-]. The topological polar surface area (TPSA) is 75.7 Å². The fourth-order valence-corrected chi connectivity index (χ4v) is 0.492. The molecule has 6 heteroatoms. The van der Waals surface area contributed by atoms with Gasteiger partial charge in [0.1, 0.15) is 6.61 Å². The highest BCUT2D eigenvalue weighted by Crippen LogP contribution is 1.80. The van der Waals surface area contributed by atoms with Gasteiger partial charge in [0, 0.05) is 6.92 Å². The molecule has 1 atom stereocenters. The number of hydrogen-bond donors (Lipinski definition) is 0. The van der Waals surface area contributed by atoms with Crippen LogP contribution in [0.4, 0.5) is 0 Å². The zero-order valence-electron chi connectivity index (χ0n) is 5.36. The van der Waals surface area contributed by atoms with Gasteiger partial charge in [0.05, 0.1) is 18.0 Å². The molecule has 0 aliphatic rings. The molecule has 5 nitrogen and oxygen atoms in total. The lowest BCUT2D eigenvalue weighted by Gasteiger charge is -2.04. The molecule has 10 heavy (non-hydrogen) atoms. The molecule has 0 spiro atoms. The first-order valence-corrected chi connectivity index (χ1v) is 3.49. The van der Waals surface area contributed by atoms with Crippen LogP contribution in [0, 0.1) is 0 Å². The minimum absolute atomic E-state index is 0.0384. The van der Waals surface area contributed by atoms with Crippen molar-refractivity contribution in [2.45, 2.75) is 6.92 Å². The molecular formula is C4H7O5S-. The summed E-state index contributed by atoms with van der Waals surface area (Å²) >= 11 is -2.52. The zero-order chi connectivity index (χ0) is 7.98. The van der Waals surface area contributed by atoms with Crippen molar-refractivity contribution in [1.82, 2.24) is 0 Å². The van der Waals surface area contributed by atoms with Crippen LogP contribution in [0.25, 0.3) is 0 Å². The van der Waals surface area contributed by atoms with Crippen LogP contribution in [0.1, 0.15) is 6.92 Å². The highest BCUT2D eigenvalue weighted by Gasteiger charge is 1.91. The van der Waals surface area contributed by atoms with Gasteiger partial charge >= 0.3 is 5.97 Å². The van der Waals surface area contributed by atoms with E-state index in [1.165, 1.54) is 6.92 Å². The van der Waals surface area contributed by atoms with Crippen LogP contribution in [0.3, 0.4) is 0 Å². The van der Waals surface area contributed by atoms with Gasteiger partial charge < -0.3 is 9.29 Å². The molecule has 0 aromatic rings. The van der Waals surface area contributed by atoms with E-state index >= 15 is 0 Å². The van der Waals surface area contributed by atoms with Gasteiger partial charge in [-0.15, -0.1) is 0 Å². The molecule has 0 bridgehead atoms. The fourth-order valence-electron chi connectivity index (χ4n) is 0.287. The van der Waals surface area contributed by atoms with Crippen LogP contribution in [0.15, 0.2) is 0 Å². The molecular weight excluding hydrogens is 160 g/mol. The minimum Gasteiger partial charge on any atom is -0.750 e. The third-order valence-corrected chi connectivity index (χ3v) is 0.927. The molecule has 60 valence electrons. The van der Waals surface area contributed by atoms with Crippen LogP contribution in [-0.4, -0.2) is 27.9 Å². The van der Waals surface area contributed by atoms with Crippen molar-refractivity contribution >= 4 is 17.3 Å². The fraction of sp³-hybridized carbons (Fsp3) is 0.750. The average molecular weight is 167 g/mol. The first-order chi connectivity index (χ1) is 4.63. The highest BCUT2D eigenvalue weighted by molar-refractivity contribution is 7.74. The number of carbonyl (C=O) groups excluding carboxylic acids is 1. The maximum Gasteiger partial charge on any atom is 0.302 e. The van der Waals surface area contributed by atoms with E-state index in [1.807, 2.05) is 0 Å². The molecule has 0 aliphatic heterocycles. The highest BCUT2D eigenvalue weighted by atomic mass is 32.2. The van der Waals surface area contributed by atoms with Gasteiger partial charge in [-0.05, 0) is 0 Å². The Labute approximate surface area is 60.8 Å². The summed E-state index contributed by atoms with van der Waals surface area (Å²) < 4.78 is 27.7. The third-order valence-electron chi connectivity index (χ3n) is 0.568. The van der Waals surface area contributed by atoms with Crippen molar-refractivity contribution in [1.29, 1.82) is 0 Å². The Morgan fingerprint density at radius 2 is 2.20 bits per heavy atom. The Morgan fingerprint density at radius 1 is 1.60 bits per heavy atom. The summed E-state index contributed by atoms with van der Waals surface area (Å²) in [5.41, 5.74) is 0. The van der Waals surface area contributed by atoms with E-state index in [1.54, 1.807) is 0 Å². The number of carbonyl (C=O) groups is 1. The Bertz CT molecular complexity index is 118. The molecule has 1 unspecified atom stereocenters. The molecule has 0 aromatic carbocycles. The van der Waals surface area contributed by atoms with E-state index in [-0.39, 0.29) is 13.2 Å². The predicted molar refractivity (Wildman–Crippen MR) is 31.5 cm³/mol. The molecule has 0 heterocycles. The van der Waals surface area contributed by atoms with Gasteiger partial charge in [-0.25, -0.2) is 4.21 Å². The molecule has 0 fully saturated rings. The Balaban J connectivity index is 3.06. The molecule has 0 amide bonds. The van der Waals surface area contributed by atoms with E-state index < -0.39 is 17.3 Å². The number of ether oxygens (including phenoxy) is 1. The lowest BCUT2D eigenvalue weighted by atomic mass is 10.7. The van der Waals surface area contributed by atoms with E-state index in [4.69, 9.17) is 0 Å². The standard InChI is InChI=1S/C4H8O5S/c1-4(5)8-2-3-9-10(6)7/h2-3H2,1H3,(H,6,7)/p-1. The average Bonchev–Trinajstić information content (AvgIpc) is 1.79. The van der Waals surface area contributed by atoms with Crippen LogP contribution in [0.2, 0.25) is 0 Å². The van der Waals surface area contributed by atoms with Gasteiger partial charge in [0.25, 0.3) is 0 Å². The Hall–Kier alpha value is -0.460. The van der Waals surface area contributed by atoms with Crippen molar-refractivity contribution in [3.05, 3.63) is 0 Å². The van der Waals surface area contributed by atoms with Crippen molar-refractivity contribution in [2.24, 2.45) is 0 Å².